The largest absolute Gasteiger partial charge is 0.365 e. The van der Waals surface area contributed by atoms with Crippen molar-refractivity contribution in [2.75, 3.05) is 19.6 Å². The molecule has 0 spiro atoms. The van der Waals surface area contributed by atoms with Crippen molar-refractivity contribution in [1.82, 2.24) is 24.8 Å². The highest BCUT2D eigenvalue weighted by Gasteiger charge is 2.24. The average Bonchev–Trinajstić information content (AvgIpc) is 3.45. The minimum atomic E-state index is -0.551. The molecular weight excluding hydrogens is 416 g/mol. The summed E-state index contributed by atoms with van der Waals surface area (Å²) < 4.78 is 1.63. The van der Waals surface area contributed by atoms with Crippen molar-refractivity contribution in [2.24, 2.45) is 5.73 Å². The Kier molecular flexibility index (Phi) is 6.74. The maximum absolute atomic E-state index is 12.8. The van der Waals surface area contributed by atoms with Crippen LogP contribution in [0.2, 0.25) is 0 Å². The van der Waals surface area contributed by atoms with Crippen LogP contribution in [0.15, 0.2) is 30.5 Å². The summed E-state index contributed by atoms with van der Waals surface area (Å²) in [5.41, 5.74) is 11.3. The number of amides is 2. The zero-order valence-corrected chi connectivity index (χ0v) is 19.6. The average molecular weight is 449 g/mol. The molecule has 1 atom stereocenters. The quantitative estimate of drug-likeness (QED) is 0.551. The lowest BCUT2D eigenvalue weighted by atomic mass is 10.0. The van der Waals surface area contributed by atoms with Gasteiger partial charge in [-0.15, -0.1) is 0 Å². The van der Waals surface area contributed by atoms with Crippen LogP contribution in [0.3, 0.4) is 0 Å². The fourth-order valence-electron chi connectivity index (χ4n) is 4.68. The van der Waals surface area contributed by atoms with E-state index in [4.69, 9.17) is 5.73 Å². The second-order valence-electron chi connectivity index (χ2n) is 8.89. The van der Waals surface area contributed by atoms with Crippen molar-refractivity contribution in [3.8, 4) is 0 Å². The van der Waals surface area contributed by atoms with Gasteiger partial charge in [-0.25, -0.2) is 9.50 Å². The van der Waals surface area contributed by atoms with Crippen LogP contribution in [-0.4, -0.2) is 50.9 Å². The highest BCUT2D eigenvalue weighted by molar-refractivity contribution is 5.98. The number of benzene rings is 1. The molecule has 2 amide bonds. The Morgan fingerprint density at radius 3 is 2.48 bits per heavy atom. The molecule has 174 valence electrons. The van der Waals surface area contributed by atoms with Gasteiger partial charge in [-0.05, 0) is 64.3 Å². The fourth-order valence-corrected chi connectivity index (χ4v) is 4.68. The first kappa shape index (κ1) is 22.9. The predicted octanol–water partition coefficient (Wildman–Crippen LogP) is 2.64. The van der Waals surface area contributed by atoms with Gasteiger partial charge in [-0.3, -0.25) is 14.5 Å². The summed E-state index contributed by atoms with van der Waals surface area (Å²) in [6.07, 6.45) is 4.76. The Morgan fingerprint density at radius 2 is 1.82 bits per heavy atom. The Labute approximate surface area is 194 Å². The third-order valence-electron chi connectivity index (χ3n) is 6.61. The summed E-state index contributed by atoms with van der Waals surface area (Å²) in [5.74, 6) is -0.534. The molecule has 0 radical (unpaired) electrons. The Hall–Kier alpha value is -3.26. The van der Waals surface area contributed by atoms with Gasteiger partial charge in [-0.2, -0.15) is 5.10 Å². The number of aryl methyl sites for hydroxylation is 3. The number of likely N-dealkylation sites (tertiary alicyclic amines) is 1. The molecule has 33 heavy (non-hydrogen) atoms. The molecule has 1 aromatic carbocycles. The van der Waals surface area contributed by atoms with Gasteiger partial charge in [0.25, 0.3) is 5.91 Å². The number of nitrogens with two attached hydrogens (primary N) is 1. The maximum atomic E-state index is 12.8. The second kappa shape index (κ2) is 9.70. The van der Waals surface area contributed by atoms with Gasteiger partial charge < -0.3 is 11.1 Å². The van der Waals surface area contributed by atoms with Crippen LogP contribution < -0.4 is 11.1 Å². The van der Waals surface area contributed by atoms with E-state index in [0.717, 1.165) is 30.0 Å². The summed E-state index contributed by atoms with van der Waals surface area (Å²) in [7, 11) is 0. The van der Waals surface area contributed by atoms with E-state index in [1.165, 1.54) is 30.2 Å². The van der Waals surface area contributed by atoms with Crippen LogP contribution in [0, 0.1) is 20.8 Å². The number of carbonyl (C=O) groups excluding carboxylic acids is 2. The van der Waals surface area contributed by atoms with Gasteiger partial charge in [0, 0.05) is 24.4 Å². The molecule has 8 nitrogen and oxygen atoms in total. The number of carbonyl (C=O) groups is 2. The number of fused-ring (bicyclic) bond motifs is 1. The maximum Gasteiger partial charge on any atom is 0.254 e. The van der Waals surface area contributed by atoms with E-state index in [2.05, 4.69) is 51.5 Å². The lowest BCUT2D eigenvalue weighted by molar-refractivity contribution is -0.121. The van der Waals surface area contributed by atoms with Gasteiger partial charge in [0.05, 0.1) is 12.2 Å². The normalized spacial score (nSPS) is 15.1. The zero-order valence-electron chi connectivity index (χ0n) is 19.6. The molecule has 0 aliphatic carbocycles. The van der Waals surface area contributed by atoms with E-state index in [9.17, 15) is 9.59 Å². The van der Waals surface area contributed by atoms with Crippen LogP contribution in [0.1, 0.15) is 63.7 Å². The third-order valence-corrected chi connectivity index (χ3v) is 6.61. The molecule has 3 N–H and O–H groups in total. The van der Waals surface area contributed by atoms with Gasteiger partial charge >= 0.3 is 0 Å². The fraction of sp³-hybridized carbons (Fsp3) is 0.440. The lowest BCUT2D eigenvalue weighted by Crippen LogP contribution is -2.37. The predicted molar refractivity (Wildman–Crippen MR) is 127 cm³/mol. The van der Waals surface area contributed by atoms with Crippen LogP contribution >= 0.6 is 0 Å². The summed E-state index contributed by atoms with van der Waals surface area (Å²) >= 11 is 0. The first-order chi connectivity index (χ1) is 15.8. The molecule has 8 heteroatoms. The SMILES string of the molecule is Cc1ccc(C(CNC(=O)CCc2c(C)nc3c(C(N)=O)cnn3c2C)N2CCCC2)cc1. The molecule has 1 aliphatic heterocycles. The number of nitrogens with one attached hydrogen (secondary N) is 1. The Morgan fingerprint density at radius 1 is 1.12 bits per heavy atom. The zero-order chi connectivity index (χ0) is 23.5. The first-order valence-electron chi connectivity index (χ1n) is 11.6. The monoisotopic (exact) mass is 448 g/mol. The number of nitrogens with zero attached hydrogens (tertiary/aromatic N) is 4. The van der Waals surface area contributed by atoms with Gasteiger partial charge in [0.15, 0.2) is 5.65 Å². The minimum absolute atomic E-state index is 0.0171. The summed E-state index contributed by atoms with van der Waals surface area (Å²) in [4.78, 5) is 31.4. The molecule has 1 saturated heterocycles. The molecule has 1 fully saturated rings. The van der Waals surface area contributed by atoms with Crippen molar-refractivity contribution in [3.05, 3.63) is 64.1 Å². The van der Waals surface area contributed by atoms with Crippen molar-refractivity contribution < 1.29 is 9.59 Å². The summed E-state index contributed by atoms with van der Waals surface area (Å²) in [6, 6.07) is 8.79. The molecular formula is C25H32N6O2. The molecule has 3 aromatic rings. The van der Waals surface area contributed by atoms with Crippen molar-refractivity contribution in [2.45, 2.75) is 52.5 Å². The van der Waals surface area contributed by atoms with Crippen molar-refractivity contribution >= 4 is 17.5 Å². The van der Waals surface area contributed by atoms with E-state index in [0.29, 0.717) is 30.6 Å². The molecule has 0 saturated carbocycles. The lowest BCUT2D eigenvalue weighted by Gasteiger charge is -2.28. The summed E-state index contributed by atoms with van der Waals surface area (Å²) in [5, 5.41) is 7.41. The topological polar surface area (TPSA) is 106 Å². The van der Waals surface area contributed by atoms with Crippen LogP contribution in [0.4, 0.5) is 0 Å². The molecule has 1 aliphatic rings. The highest BCUT2D eigenvalue weighted by Crippen LogP contribution is 2.25. The molecule has 3 heterocycles. The van der Waals surface area contributed by atoms with Crippen LogP contribution in [0.5, 0.6) is 0 Å². The van der Waals surface area contributed by atoms with Gasteiger partial charge in [-0.1, -0.05) is 29.8 Å². The van der Waals surface area contributed by atoms with Gasteiger partial charge in [0.2, 0.25) is 5.91 Å². The standard InChI is InChI=1S/C25H32N6O2/c1-16-6-8-19(9-7-16)22(30-12-4-5-13-30)15-27-23(32)11-10-20-17(2)29-25-21(24(26)33)14-28-31(25)18(20)3/h6-9,14,22H,4-5,10-13,15H2,1-3H3,(H2,26,33)(H,27,32). The number of hydrogen-bond acceptors (Lipinski definition) is 5. The van der Waals surface area contributed by atoms with Gasteiger partial charge in [0.1, 0.15) is 5.56 Å². The number of primary amides is 1. The number of aromatic nitrogens is 3. The number of rotatable bonds is 8. The van der Waals surface area contributed by atoms with E-state index < -0.39 is 5.91 Å². The molecule has 2 aromatic heterocycles. The molecule has 4 rings (SSSR count). The second-order valence-corrected chi connectivity index (χ2v) is 8.89. The van der Waals surface area contributed by atoms with E-state index in [-0.39, 0.29) is 11.9 Å². The van der Waals surface area contributed by atoms with Crippen LogP contribution in [0.25, 0.3) is 5.65 Å². The number of hydrogen-bond donors (Lipinski definition) is 2. The van der Waals surface area contributed by atoms with E-state index in [1.54, 1.807) is 4.52 Å². The Bertz CT molecular complexity index is 1160. The van der Waals surface area contributed by atoms with Crippen molar-refractivity contribution in [1.29, 1.82) is 0 Å². The van der Waals surface area contributed by atoms with E-state index >= 15 is 0 Å². The summed E-state index contributed by atoms with van der Waals surface area (Å²) in [6.45, 7) is 8.63. The molecule has 0 bridgehead atoms. The first-order valence-corrected chi connectivity index (χ1v) is 11.6. The van der Waals surface area contributed by atoms with Crippen LogP contribution in [-0.2, 0) is 11.2 Å². The minimum Gasteiger partial charge on any atom is -0.365 e. The smallest absolute Gasteiger partial charge is 0.254 e. The molecule has 1 unspecified atom stereocenters. The Balaban J connectivity index is 1.42. The highest BCUT2D eigenvalue weighted by atomic mass is 16.2. The third kappa shape index (κ3) is 4.90. The van der Waals surface area contributed by atoms with Crippen molar-refractivity contribution in [3.63, 3.8) is 0 Å². The van der Waals surface area contributed by atoms with E-state index in [1.807, 2.05) is 13.8 Å².